The van der Waals surface area contributed by atoms with E-state index in [0.717, 1.165) is 11.3 Å². The molecular weight excluding hydrogens is 292 g/mol. The zero-order valence-electron chi connectivity index (χ0n) is 11.8. The van der Waals surface area contributed by atoms with Gasteiger partial charge in [-0.1, -0.05) is 0 Å². The number of nitro groups is 1. The molecule has 0 aliphatic heterocycles. The number of hydrogen-bond donors (Lipinski definition) is 1. The Labute approximate surface area is 127 Å². The highest BCUT2D eigenvalue weighted by Crippen LogP contribution is 2.39. The van der Waals surface area contributed by atoms with Crippen molar-refractivity contribution in [2.75, 3.05) is 6.61 Å². The minimum Gasteiger partial charge on any atom is -0.465 e. The number of nitrogens with zero attached hydrogens (tertiary/aromatic N) is 1. The molecule has 1 aliphatic carbocycles. The SMILES string of the molecule is CCOC(=O)C1(N)CCC(Sc2ccc([N+](=O)[O-])cc2)C1. The van der Waals surface area contributed by atoms with Crippen LogP contribution in [0.25, 0.3) is 0 Å². The topological polar surface area (TPSA) is 95.5 Å². The van der Waals surface area contributed by atoms with E-state index in [-0.39, 0.29) is 16.9 Å². The smallest absolute Gasteiger partial charge is 0.326 e. The lowest BCUT2D eigenvalue weighted by Gasteiger charge is -2.21. The first-order chi connectivity index (χ1) is 9.94. The Hall–Kier alpha value is -1.60. The third-order valence-electron chi connectivity index (χ3n) is 3.54. The van der Waals surface area contributed by atoms with Gasteiger partial charge in [-0.25, -0.2) is 0 Å². The fourth-order valence-electron chi connectivity index (χ4n) is 2.43. The van der Waals surface area contributed by atoms with Crippen LogP contribution in [-0.4, -0.2) is 28.3 Å². The van der Waals surface area contributed by atoms with E-state index < -0.39 is 10.5 Å². The maximum atomic E-state index is 11.9. The van der Waals surface area contributed by atoms with Gasteiger partial charge in [-0.15, -0.1) is 11.8 Å². The molecule has 1 aromatic rings. The van der Waals surface area contributed by atoms with Crippen LogP contribution in [0.15, 0.2) is 29.2 Å². The molecule has 2 rings (SSSR count). The van der Waals surface area contributed by atoms with Gasteiger partial charge in [0.1, 0.15) is 5.54 Å². The number of esters is 1. The molecule has 2 N–H and O–H groups in total. The standard InChI is InChI=1S/C14H18N2O4S/c1-2-20-13(17)14(15)8-7-12(9-14)21-11-5-3-10(4-6-11)16(18)19/h3-6,12H,2,7-9,15H2,1H3. The maximum Gasteiger partial charge on any atom is 0.326 e. The Morgan fingerprint density at radius 2 is 2.19 bits per heavy atom. The summed E-state index contributed by atoms with van der Waals surface area (Å²) in [6.07, 6.45) is 2.00. The first kappa shape index (κ1) is 15.8. The summed E-state index contributed by atoms with van der Waals surface area (Å²) < 4.78 is 5.02. The molecule has 1 fully saturated rings. The van der Waals surface area contributed by atoms with E-state index in [1.807, 2.05) is 0 Å². The number of hydrogen-bond acceptors (Lipinski definition) is 6. The number of thioether (sulfide) groups is 1. The molecule has 0 radical (unpaired) electrons. The molecule has 1 aromatic carbocycles. The van der Waals surface area contributed by atoms with Crippen molar-refractivity contribution in [2.45, 2.75) is 41.9 Å². The number of non-ortho nitro benzene ring substituents is 1. The second kappa shape index (κ2) is 6.44. The average Bonchev–Trinajstić information content (AvgIpc) is 2.82. The highest BCUT2D eigenvalue weighted by atomic mass is 32.2. The molecule has 6 nitrogen and oxygen atoms in total. The van der Waals surface area contributed by atoms with E-state index in [2.05, 4.69) is 0 Å². The summed E-state index contributed by atoms with van der Waals surface area (Å²) in [5.41, 5.74) is 5.30. The summed E-state index contributed by atoms with van der Waals surface area (Å²) in [4.78, 5) is 23.0. The van der Waals surface area contributed by atoms with Crippen molar-refractivity contribution in [3.05, 3.63) is 34.4 Å². The summed E-state index contributed by atoms with van der Waals surface area (Å²) in [7, 11) is 0. The van der Waals surface area contributed by atoms with Crippen LogP contribution in [0, 0.1) is 10.1 Å². The molecule has 21 heavy (non-hydrogen) atoms. The van der Waals surface area contributed by atoms with Crippen LogP contribution in [0.5, 0.6) is 0 Å². The van der Waals surface area contributed by atoms with Crippen molar-refractivity contribution in [3.8, 4) is 0 Å². The summed E-state index contributed by atoms with van der Waals surface area (Å²) in [5.74, 6) is -0.336. The van der Waals surface area contributed by atoms with Crippen LogP contribution >= 0.6 is 11.8 Å². The highest BCUT2D eigenvalue weighted by Gasteiger charge is 2.43. The third kappa shape index (κ3) is 3.74. The second-order valence-electron chi connectivity index (χ2n) is 5.11. The largest absolute Gasteiger partial charge is 0.465 e. The predicted octanol–water partition coefficient (Wildman–Crippen LogP) is 2.50. The number of carbonyl (C=O) groups excluding carboxylic acids is 1. The first-order valence-electron chi connectivity index (χ1n) is 6.82. The van der Waals surface area contributed by atoms with Crippen molar-refractivity contribution in [1.82, 2.24) is 0 Å². The summed E-state index contributed by atoms with van der Waals surface area (Å²) in [5, 5.41) is 10.8. The fourth-order valence-corrected chi connectivity index (χ4v) is 3.72. The van der Waals surface area contributed by atoms with Crippen LogP contribution in [0.2, 0.25) is 0 Å². The van der Waals surface area contributed by atoms with E-state index in [9.17, 15) is 14.9 Å². The van der Waals surface area contributed by atoms with E-state index in [0.29, 0.717) is 19.4 Å². The molecule has 2 unspecified atom stereocenters. The molecule has 0 spiro atoms. The molecular formula is C14H18N2O4S. The number of benzene rings is 1. The van der Waals surface area contributed by atoms with Gasteiger partial charge < -0.3 is 10.5 Å². The lowest BCUT2D eigenvalue weighted by molar-refractivity contribution is -0.384. The Balaban J connectivity index is 1.96. The Bertz CT molecular complexity index is 534. The molecule has 1 saturated carbocycles. The zero-order valence-corrected chi connectivity index (χ0v) is 12.6. The van der Waals surface area contributed by atoms with Crippen LogP contribution in [0.4, 0.5) is 5.69 Å². The van der Waals surface area contributed by atoms with Gasteiger partial charge in [0.25, 0.3) is 5.69 Å². The molecule has 1 aliphatic rings. The quantitative estimate of drug-likeness (QED) is 0.510. The lowest BCUT2D eigenvalue weighted by Crippen LogP contribution is -2.47. The number of carbonyl (C=O) groups is 1. The molecule has 0 saturated heterocycles. The minimum atomic E-state index is -0.894. The molecule has 114 valence electrons. The van der Waals surface area contributed by atoms with Gasteiger partial charge in [0, 0.05) is 22.3 Å². The minimum absolute atomic E-state index is 0.0745. The maximum absolute atomic E-state index is 11.9. The third-order valence-corrected chi connectivity index (χ3v) is 4.82. The second-order valence-corrected chi connectivity index (χ2v) is 6.48. The Morgan fingerprint density at radius 3 is 2.76 bits per heavy atom. The first-order valence-corrected chi connectivity index (χ1v) is 7.70. The summed E-state index contributed by atoms with van der Waals surface area (Å²) in [6, 6.07) is 6.42. The Morgan fingerprint density at radius 1 is 1.52 bits per heavy atom. The average molecular weight is 310 g/mol. The van der Waals surface area contributed by atoms with E-state index in [4.69, 9.17) is 10.5 Å². The van der Waals surface area contributed by atoms with Gasteiger partial charge in [0.15, 0.2) is 0 Å². The molecule has 0 aromatic heterocycles. The van der Waals surface area contributed by atoms with E-state index >= 15 is 0 Å². The summed E-state index contributed by atoms with van der Waals surface area (Å²) in [6.45, 7) is 2.09. The van der Waals surface area contributed by atoms with Crippen molar-refractivity contribution < 1.29 is 14.5 Å². The molecule has 0 amide bonds. The van der Waals surface area contributed by atoms with Gasteiger partial charge in [-0.2, -0.15) is 0 Å². The van der Waals surface area contributed by atoms with E-state index in [1.54, 1.807) is 30.8 Å². The van der Waals surface area contributed by atoms with Crippen LogP contribution in [0.3, 0.4) is 0 Å². The van der Waals surface area contributed by atoms with Gasteiger partial charge in [-0.3, -0.25) is 14.9 Å². The zero-order chi connectivity index (χ0) is 15.5. The number of rotatable bonds is 5. The van der Waals surface area contributed by atoms with Crippen LogP contribution in [0.1, 0.15) is 26.2 Å². The molecule has 7 heteroatoms. The summed E-state index contributed by atoms with van der Waals surface area (Å²) >= 11 is 1.60. The van der Waals surface area contributed by atoms with Crippen molar-refractivity contribution >= 4 is 23.4 Å². The molecule has 0 bridgehead atoms. The lowest BCUT2D eigenvalue weighted by atomic mass is 10.00. The normalized spacial score (nSPS) is 24.8. The van der Waals surface area contributed by atoms with Gasteiger partial charge in [0.05, 0.1) is 11.5 Å². The van der Waals surface area contributed by atoms with Gasteiger partial charge in [0.2, 0.25) is 0 Å². The van der Waals surface area contributed by atoms with Crippen molar-refractivity contribution in [1.29, 1.82) is 0 Å². The number of nitrogens with two attached hydrogens (primary N) is 1. The predicted molar refractivity (Wildman–Crippen MR) is 80.1 cm³/mol. The molecule has 2 atom stereocenters. The monoisotopic (exact) mass is 310 g/mol. The number of nitro benzene ring substituents is 1. The van der Waals surface area contributed by atoms with Gasteiger partial charge in [-0.05, 0) is 38.3 Å². The van der Waals surface area contributed by atoms with Crippen molar-refractivity contribution in [3.63, 3.8) is 0 Å². The van der Waals surface area contributed by atoms with Crippen LogP contribution in [-0.2, 0) is 9.53 Å². The Kier molecular flexibility index (Phi) is 4.84. The highest BCUT2D eigenvalue weighted by molar-refractivity contribution is 8.00. The van der Waals surface area contributed by atoms with E-state index in [1.165, 1.54) is 12.1 Å². The van der Waals surface area contributed by atoms with Crippen LogP contribution < -0.4 is 5.73 Å². The fraction of sp³-hybridized carbons (Fsp3) is 0.500. The van der Waals surface area contributed by atoms with Gasteiger partial charge >= 0.3 is 5.97 Å². The molecule has 0 heterocycles. The van der Waals surface area contributed by atoms with Crippen molar-refractivity contribution in [2.24, 2.45) is 5.73 Å². The number of ether oxygens (including phenoxy) is 1.